The van der Waals surface area contributed by atoms with Crippen molar-refractivity contribution in [3.8, 4) is 0 Å². The fourth-order valence-corrected chi connectivity index (χ4v) is 0.549. The van der Waals surface area contributed by atoms with Gasteiger partial charge in [0.1, 0.15) is 0 Å². The van der Waals surface area contributed by atoms with Gasteiger partial charge in [-0.25, -0.2) is 0 Å². The maximum Gasteiger partial charge on any atom is 0.00897 e. The topological polar surface area (TPSA) is 17.8 Å². The zero-order chi connectivity index (χ0) is 6.15. The number of aromatic nitrogens is 2. The van der Waals surface area contributed by atoms with Crippen LogP contribution >= 0.6 is 0 Å². The molecular weight excluding hydrogens is 284 g/mol. The maximum absolute atomic E-state index is 3.91. The van der Waals surface area contributed by atoms with Crippen LogP contribution in [0.4, 0.5) is 0 Å². The van der Waals surface area contributed by atoms with E-state index in [9.17, 15) is 0 Å². The summed E-state index contributed by atoms with van der Waals surface area (Å²) < 4.78 is 1.81. The van der Waals surface area contributed by atoms with Gasteiger partial charge in [0.25, 0.3) is 0 Å². The summed E-state index contributed by atoms with van der Waals surface area (Å²) in [7, 11) is 1.92. The van der Waals surface area contributed by atoms with Crippen LogP contribution in [0.2, 0.25) is 0 Å². The normalized spacial score (nSPS) is 8.78. The molecule has 0 fully saturated rings. The molecule has 1 rings (SSSR count). The summed E-state index contributed by atoms with van der Waals surface area (Å²) in [5.74, 6) is 0. The van der Waals surface area contributed by atoms with E-state index in [4.69, 9.17) is 0 Å². The van der Waals surface area contributed by atoms with Gasteiger partial charge in [0, 0.05) is 28.1 Å². The Morgan fingerprint density at radius 2 is 2.00 bits per heavy atom. The van der Waals surface area contributed by atoms with Gasteiger partial charge in [0.05, 0.1) is 0 Å². The zero-order valence-electron chi connectivity index (χ0n) is 5.80. The molecule has 0 saturated carbocycles. The Morgan fingerprint density at radius 1 is 1.44 bits per heavy atom. The van der Waals surface area contributed by atoms with Crippen molar-refractivity contribution in [2.45, 2.75) is 13.8 Å². The van der Waals surface area contributed by atoms with E-state index in [1.165, 1.54) is 5.69 Å². The third kappa shape index (κ3) is 1.65. The fourth-order valence-electron chi connectivity index (χ4n) is 0.549. The van der Waals surface area contributed by atoms with Gasteiger partial charge in [-0.05, 0) is 0 Å². The molecule has 50 valence electrons. The van der Waals surface area contributed by atoms with Gasteiger partial charge < -0.3 is 9.78 Å². The molecule has 0 bridgehead atoms. The second-order valence-corrected chi connectivity index (χ2v) is 1.95. The SMILES string of the molecule is Cc1[c-]nn(C)c1C.[W]. The molecule has 9 heavy (non-hydrogen) atoms. The quantitative estimate of drug-likeness (QED) is 0.648. The Hall–Kier alpha value is -0.102. The average Bonchev–Trinajstić information content (AvgIpc) is 1.98. The summed E-state index contributed by atoms with van der Waals surface area (Å²) in [5.41, 5.74) is 2.32. The van der Waals surface area contributed by atoms with E-state index in [-0.39, 0.29) is 21.1 Å². The molecule has 0 aliphatic heterocycles. The van der Waals surface area contributed by atoms with Gasteiger partial charge >= 0.3 is 0 Å². The largest absolute Gasteiger partial charge is 0.369 e. The average molecular weight is 293 g/mol. The van der Waals surface area contributed by atoms with E-state index >= 15 is 0 Å². The second kappa shape index (κ2) is 3.16. The van der Waals surface area contributed by atoms with Gasteiger partial charge in [-0.1, -0.05) is 13.8 Å². The third-order valence-corrected chi connectivity index (χ3v) is 1.40. The van der Waals surface area contributed by atoms with Crippen LogP contribution in [-0.2, 0) is 28.1 Å². The first kappa shape index (κ1) is 8.90. The minimum atomic E-state index is 0. The van der Waals surface area contributed by atoms with E-state index in [1.807, 2.05) is 25.6 Å². The van der Waals surface area contributed by atoms with Crippen molar-refractivity contribution in [2.24, 2.45) is 7.05 Å². The molecular formula is C6H9N2W-. The molecule has 1 heterocycles. The van der Waals surface area contributed by atoms with Crippen LogP contribution in [0.25, 0.3) is 0 Å². The maximum atomic E-state index is 3.91. The van der Waals surface area contributed by atoms with E-state index in [2.05, 4.69) is 11.3 Å². The van der Waals surface area contributed by atoms with Crippen LogP contribution in [0.15, 0.2) is 0 Å². The standard InChI is InChI=1S/C6H9N2.W/c1-5-4-7-8(3)6(5)2;/h1-3H3;/q-1;. The molecule has 0 aromatic carbocycles. The first-order valence-electron chi connectivity index (χ1n) is 2.59. The summed E-state index contributed by atoms with van der Waals surface area (Å²) in [5, 5.41) is 3.91. The predicted octanol–water partition coefficient (Wildman–Crippen LogP) is 0.835. The number of hydrogen-bond acceptors (Lipinski definition) is 1. The summed E-state index contributed by atoms with van der Waals surface area (Å²) >= 11 is 0. The molecule has 0 aliphatic rings. The monoisotopic (exact) mass is 293 g/mol. The molecule has 1 aromatic rings. The van der Waals surface area contributed by atoms with Crippen LogP contribution in [-0.4, -0.2) is 9.78 Å². The summed E-state index contributed by atoms with van der Waals surface area (Å²) in [6.07, 6.45) is 2.85. The first-order valence-corrected chi connectivity index (χ1v) is 2.59. The molecule has 0 N–H and O–H groups in total. The van der Waals surface area contributed by atoms with Gasteiger partial charge in [-0.2, -0.15) is 5.56 Å². The van der Waals surface area contributed by atoms with E-state index in [0.29, 0.717) is 0 Å². The minimum Gasteiger partial charge on any atom is -0.369 e. The van der Waals surface area contributed by atoms with E-state index in [0.717, 1.165) is 5.56 Å². The van der Waals surface area contributed by atoms with Crippen molar-refractivity contribution in [1.29, 1.82) is 0 Å². The smallest absolute Gasteiger partial charge is 0.00897 e. The van der Waals surface area contributed by atoms with Crippen molar-refractivity contribution in [3.05, 3.63) is 17.5 Å². The van der Waals surface area contributed by atoms with Gasteiger partial charge in [-0.3, -0.25) is 0 Å². The molecule has 2 nitrogen and oxygen atoms in total. The number of rotatable bonds is 0. The van der Waals surface area contributed by atoms with Gasteiger partial charge in [0.15, 0.2) is 0 Å². The Bertz CT molecular complexity index is 173. The van der Waals surface area contributed by atoms with Crippen LogP contribution < -0.4 is 0 Å². The van der Waals surface area contributed by atoms with Gasteiger partial charge in [0.2, 0.25) is 0 Å². The molecule has 0 radical (unpaired) electrons. The second-order valence-electron chi connectivity index (χ2n) is 1.95. The number of aryl methyl sites for hydroxylation is 2. The molecule has 0 unspecified atom stereocenters. The Morgan fingerprint density at radius 3 is 2.11 bits per heavy atom. The van der Waals surface area contributed by atoms with Crippen molar-refractivity contribution < 1.29 is 21.1 Å². The predicted molar refractivity (Wildman–Crippen MR) is 31.5 cm³/mol. The fraction of sp³-hybridized carbons (Fsp3) is 0.500. The summed E-state index contributed by atoms with van der Waals surface area (Å²) in [6, 6.07) is 0. The molecule has 0 saturated heterocycles. The molecule has 0 amide bonds. The number of nitrogens with zero attached hydrogens (tertiary/aromatic N) is 2. The van der Waals surface area contributed by atoms with Gasteiger partial charge in [-0.15, -0.1) is 11.9 Å². The molecule has 0 aliphatic carbocycles. The Balaban J connectivity index is 0.000000640. The Kier molecular flexibility index (Phi) is 3.13. The third-order valence-electron chi connectivity index (χ3n) is 1.40. The molecule has 0 spiro atoms. The van der Waals surface area contributed by atoms with Crippen LogP contribution in [0.3, 0.4) is 0 Å². The first-order chi connectivity index (χ1) is 3.72. The van der Waals surface area contributed by atoms with Crippen LogP contribution in [0.5, 0.6) is 0 Å². The zero-order valence-corrected chi connectivity index (χ0v) is 8.74. The van der Waals surface area contributed by atoms with Crippen LogP contribution in [0, 0.1) is 20.0 Å². The van der Waals surface area contributed by atoms with E-state index < -0.39 is 0 Å². The molecule has 1 aromatic heterocycles. The Labute approximate surface area is 69.5 Å². The summed E-state index contributed by atoms with van der Waals surface area (Å²) in [6.45, 7) is 4.03. The number of hydrogen-bond donors (Lipinski definition) is 0. The minimum absolute atomic E-state index is 0. The van der Waals surface area contributed by atoms with Crippen molar-refractivity contribution in [3.63, 3.8) is 0 Å². The molecule has 3 heteroatoms. The van der Waals surface area contributed by atoms with Crippen molar-refractivity contribution >= 4 is 0 Å². The van der Waals surface area contributed by atoms with E-state index in [1.54, 1.807) is 0 Å². The van der Waals surface area contributed by atoms with Crippen molar-refractivity contribution in [1.82, 2.24) is 9.78 Å². The molecule has 0 atom stereocenters. The van der Waals surface area contributed by atoms with Crippen LogP contribution in [0.1, 0.15) is 11.3 Å². The summed E-state index contributed by atoms with van der Waals surface area (Å²) in [4.78, 5) is 0. The van der Waals surface area contributed by atoms with Crippen molar-refractivity contribution in [2.75, 3.05) is 0 Å².